The average molecular weight is 415 g/mol. The van der Waals surface area contributed by atoms with E-state index < -0.39 is 5.97 Å². The number of aromatic carboxylic acids is 1. The lowest BCUT2D eigenvalue weighted by Gasteiger charge is -2.04. The van der Waals surface area contributed by atoms with Crippen molar-refractivity contribution in [1.82, 2.24) is 0 Å². The summed E-state index contributed by atoms with van der Waals surface area (Å²) in [5.74, 6) is -0.541. The van der Waals surface area contributed by atoms with E-state index in [9.17, 15) is 14.7 Å². The number of carbonyl (C=O) groups is 2. The van der Waals surface area contributed by atoms with Gasteiger partial charge in [0.1, 0.15) is 11.3 Å². The number of unbranched alkanes of at least 4 members (excludes halogenated alkanes) is 1. The van der Waals surface area contributed by atoms with Gasteiger partial charge in [0, 0.05) is 22.7 Å². The summed E-state index contributed by atoms with van der Waals surface area (Å²) in [5, 5.41) is 10.6. The number of hydrogen-bond acceptors (Lipinski definition) is 3. The van der Waals surface area contributed by atoms with Gasteiger partial charge < -0.3 is 9.52 Å². The summed E-state index contributed by atoms with van der Waals surface area (Å²) in [7, 11) is 0. The maximum absolute atomic E-state index is 13.2. The molecule has 0 fully saturated rings. The van der Waals surface area contributed by atoms with Crippen molar-refractivity contribution in [2.45, 2.75) is 31.5 Å². The first-order valence-electron chi connectivity index (χ1n) is 8.53. The molecule has 1 N–H and O–H groups in total. The Morgan fingerprint density at radius 2 is 1.77 bits per heavy atom. The van der Waals surface area contributed by atoms with E-state index in [0.29, 0.717) is 34.3 Å². The van der Waals surface area contributed by atoms with Crippen LogP contribution < -0.4 is 0 Å². The van der Waals surface area contributed by atoms with Gasteiger partial charge in [-0.25, -0.2) is 4.79 Å². The quantitative estimate of drug-likeness (QED) is 0.403. The van der Waals surface area contributed by atoms with Crippen molar-refractivity contribution in [2.75, 3.05) is 0 Å². The fourth-order valence-electron chi connectivity index (χ4n) is 2.93. The molecule has 0 aliphatic rings. The van der Waals surface area contributed by atoms with Gasteiger partial charge in [0.05, 0.1) is 11.1 Å². The third-order valence-corrected chi connectivity index (χ3v) is 5.01. The van der Waals surface area contributed by atoms with Crippen LogP contribution in [-0.4, -0.2) is 16.9 Å². The molecule has 3 aromatic rings. The molecule has 0 aliphatic heterocycles. The zero-order valence-corrected chi connectivity index (χ0v) is 16.0. The van der Waals surface area contributed by atoms with E-state index in [0.717, 1.165) is 23.7 Å². The Morgan fingerprint density at radius 3 is 2.38 bits per heavy atom. The Labute approximate surface area is 160 Å². The largest absolute Gasteiger partial charge is 0.478 e. The number of halogens is 1. The van der Waals surface area contributed by atoms with Gasteiger partial charge >= 0.3 is 5.97 Å². The first-order valence-corrected chi connectivity index (χ1v) is 9.65. The molecular weight excluding hydrogens is 396 g/mol. The molecule has 1 heterocycles. The van der Waals surface area contributed by atoms with Crippen LogP contribution in [0.15, 0.2) is 46.9 Å². The van der Waals surface area contributed by atoms with Crippen molar-refractivity contribution in [1.29, 1.82) is 0 Å². The van der Waals surface area contributed by atoms with E-state index in [1.165, 1.54) is 12.1 Å². The summed E-state index contributed by atoms with van der Waals surface area (Å²) < 4.78 is 5.90. The highest BCUT2D eigenvalue weighted by atomic mass is 79.9. The maximum Gasteiger partial charge on any atom is 0.335 e. The minimum absolute atomic E-state index is 0.140. The monoisotopic (exact) mass is 414 g/mol. The third-order valence-electron chi connectivity index (χ3n) is 4.36. The smallest absolute Gasteiger partial charge is 0.335 e. The molecule has 0 spiro atoms. The van der Waals surface area contributed by atoms with Crippen LogP contribution in [0.4, 0.5) is 0 Å². The zero-order chi connectivity index (χ0) is 18.7. The van der Waals surface area contributed by atoms with Crippen molar-refractivity contribution in [3.63, 3.8) is 0 Å². The van der Waals surface area contributed by atoms with Crippen molar-refractivity contribution in [3.8, 4) is 0 Å². The van der Waals surface area contributed by atoms with E-state index in [-0.39, 0.29) is 11.3 Å². The number of hydrogen-bond donors (Lipinski definition) is 1. The summed E-state index contributed by atoms with van der Waals surface area (Å²) >= 11 is 3.40. The average Bonchev–Trinajstić information content (AvgIpc) is 3.03. The first kappa shape index (κ1) is 18.4. The van der Waals surface area contributed by atoms with E-state index >= 15 is 0 Å². The van der Waals surface area contributed by atoms with Crippen LogP contribution in [0.5, 0.6) is 0 Å². The van der Waals surface area contributed by atoms with Crippen LogP contribution in [0.2, 0.25) is 0 Å². The number of ketones is 1. The number of fused-ring (bicyclic) bond motifs is 1. The van der Waals surface area contributed by atoms with Gasteiger partial charge in [-0.05, 0) is 30.2 Å². The SMILES string of the molecule is CCCCc1oc2ccc(C(=O)O)cc2c1C(=O)c1ccc(CBr)cc1. The molecular formula is C21H19BrO4. The molecule has 1 aromatic heterocycles. The second-order valence-corrected chi connectivity index (χ2v) is 6.74. The number of carboxylic acid groups (broad SMARTS) is 1. The molecule has 134 valence electrons. The maximum atomic E-state index is 13.2. The van der Waals surface area contributed by atoms with Gasteiger partial charge in [0.2, 0.25) is 0 Å². The predicted molar refractivity (Wildman–Crippen MR) is 104 cm³/mol. The molecule has 0 aliphatic carbocycles. The van der Waals surface area contributed by atoms with Gasteiger partial charge in [-0.15, -0.1) is 0 Å². The standard InChI is InChI=1S/C21H19BrO4/c1-2-3-4-18-19(20(23)14-7-5-13(12-22)6-8-14)16-11-15(21(24)25)9-10-17(16)26-18/h5-11H,2-4,12H2,1H3,(H,24,25). The summed E-state index contributed by atoms with van der Waals surface area (Å²) in [4.78, 5) is 24.5. The highest BCUT2D eigenvalue weighted by Crippen LogP contribution is 2.30. The summed E-state index contributed by atoms with van der Waals surface area (Å²) in [6.07, 6.45) is 2.52. The zero-order valence-electron chi connectivity index (χ0n) is 14.4. The van der Waals surface area contributed by atoms with E-state index in [4.69, 9.17) is 4.42 Å². The van der Waals surface area contributed by atoms with Crippen LogP contribution in [0.25, 0.3) is 11.0 Å². The fourth-order valence-corrected chi connectivity index (χ4v) is 3.31. The lowest BCUT2D eigenvalue weighted by atomic mass is 9.97. The molecule has 0 saturated carbocycles. The molecule has 0 bridgehead atoms. The number of benzene rings is 2. The fraction of sp³-hybridized carbons (Fsp3) is 0.238. The second-order valence-electron chi connectivity index (χ2n) is 6.18. The number of rotatable bonds is 7. The first-order chi connectivity index (χ1) is 12.5. The Morgan fingerprint density at radius 1 is 1.08 bits per heavy atom. The van der Waals surface area contributed by atoms with Crippen LogP contribution in [0.3, 0.4) is 0 Å². The van der Waals surface area contributed by atoms with E-state index in [1.807, 2.05) is 12.1 Å². The van der Waals surface area contributed by atoms with Gasteiger partial charge in [0.25, 0.3) is 0 Å². The van der Waals surface area contributed by atoms with Crippen molar-refractivity contribution < 1.29 is 19.1 Å². The van der Waals surface area contributed by atoms with Gasteiger partial charge in [-0.2, -0.15) is 0 Å². The normalized spacial score (nSPS) is 11.0. The van der Waals surface area contributed by atoms with Gasteiger partial charge in [-0.1, -0.05) is 53.5 Å². The number of carbonyl (C=O) groups excluding carboxylic acids is 1. The highest BCUT2D eigenvalue weighted by molar-refractivity contribution is 9.08. The van der Waals surface area contributed by atoms with E-state index in [2.05, 4.69) is 22.9 Å². The van der Waals surface area contributed by atoms with E-state index in [1.54, 1.807) is 18.2 Å². The highest BCUT2D eigenvalue weighted by Gasteiger charge is 2.22. The van der Waals surface area contributed by atoms with Crippen LogP contribution in [0, 0.1) is 0 Å². The number of alkyl halides is 1. The molecule has 2 aromatic carbocycles. The second kappa shape index (κ2) is 7.87. The lowest BCUT2D eigenvalue weighted by molar-refractivity contribution is 0.0696. The van der Waals surface area contributed by atoms with Gasteiger partial charge in [-0.3, -0.25) is 4.79 Å². The molecule has 4 nitrogen and oxygen atoms in total. The molecule has 5 heteroatoms. The number of aryl methyl sites for hydroxylation is 1. The van der Waals surface area contributed by atoms with Crippen LogP contribution >= 0.6 is 15.9 Å². The number of carboxylic acids is 1. The summed E-state index contributed by atoms with van der Waals surface area (Å²) in [5.41, 5.74) is 2.81. The number of furan rings is 1. The Hall–Kier alpha value is -2.40. The lowest BCUT2D eigenvalue weighted by Crippen LogP contribution is -2.04. The van der Waals surface area contributed by atoms with Crippen molar-refractivity contribution >= 4 is 38.7 Å². The molecule has 0 unspecified atom stereocenters. The third kappa shape index (κ3) is 3.58. The molecule has 0 atom stereocenters. The topological polar surface area (TPSA) is 67.5 Å². The van der Waals surface area contributed by atoms with Crippen LogP contribution in [0.1, 0.15) is 57.4 Å². The van der Waals surface area contributed by atoms with Gasteiger partial charge in [0.15, 0.2) is 5.78 Å². The molecule has 3 rings (SSSR count). The Kier molecular flexibility index (Phi) is 5.57. The molecule has 0 saturated heterocycles. The van der Waals surface area contributed by atoms with Crippen molar-refractivity contribution in [2.24, 2.45) is 0 Å². The minimum Gasteiger partial charge on any atom is -0.478 e. The molecule has 26 heavy (non-hydrogen) atoms. The van der Waals surface area contributed by atoms with Crippen molar-refractivity contribution in [3.05, 3.63) is 70.5 Å². The van der Waals surface area contributed by atoms with Crippen LogP contribution in [-0.2, 0) is 11.8 Å². The minimum atomic E-state index is -1.02. The molecule has 0 amide bonds. The summed E-state index contributed by atoms with van der Waals surface area (Å²) in [6, 6.07) is 12.0. The summed E-state index contributed by atoms with van der Waals surface area (Å²) in [6.45, 7) is 2.08. The Balaban J connectivity index is 2.14. The Bertz CT molecular complexity index is 954. The predicted octanol–water partition coefficient (Wildman–Crippen LogP) is 5.60. The molecule has 0 radical (unpaired) electrons.